The van der Waals surface area contributed by atoms with Gasteiger partial charge in [0, 0.05) is 22.9 Å². The zero-order valence-electron chi connectivity index (χ0n) is 14.3. The Bertz CT molecular complexity index is 934. The van der Waals surface area contributed by atoms with Crippen LogP contribution < -0.4 is 14.8 Å². The van der Waals surface area contributed by atoms with Crippen molar-refractivity contribution in [3.8, 4) is 23.0 Å². The van der Waals surface area contributed by atoms with Crippen LogP contribution in [0.25, 0.3) is 11.5 Å². The molecule has 0 saturated heterocycles. The van der Waals surface area contributed by atoms with Crippen LogP contribution in [-0.2, 0) is 11.2 Å². The van der Waals surface area contributed by atoms with Gasteiger partial charge in [-0.05, 0) is 31.4 Å². The summed E-state index contributed by atoms with van der Waals surface area (Å²) >= 11 is 1.53. The number of rotatable bonds is 5. The average molecular weight is 371 g/mol. The van der Waals surface area contributed by atoms with Crippen molar-refractivity contribution in [2.75, 3.05) is 11.9 Å². The standard InChI is InChI=1S/C18H17N3O4S/c1-18(2)8-11-4-3-5-13(15(11)25-18)23-9-14(22)19-17-21-20-16(24-17)12-6-7-26-10-12/h3-7,10H,8-9H2,1-2H3,(H,19,21,22). The lowest BCUT2D eigenvalue weighted by atomic mass is 10.0. The predicted molar refractivity (Wildman–Crippen MR) is 96.6 cm³/mol. The van der Waals surface area contributed by atoms with E-state index in [1.807, 2.05) is 42.8 Å². The molecule has 26 heavy (non-hydrogen) atoms. The molecular formula is C18H17N3O4S. The Morgan fingerprint density at radius 1 is 1.35 bits per heavy atom. The summed E-state index contributed by atoms with van der Waals surface area (Å²) in [6, 6.07) is 7.58. The number of benzene rings is 1. The van der Waals surface area contributed by atoms with Crippen LogP contribution in [0.3, 0.4) is 0 Å². The maximum Gasteiger partial charge on any atom is 0.322 e. The first-order valence-corrected chi connectivity index (χ1v) is 9.04. The molecule has 7 nitrogen and oxygen atoms in total. The zero-order chi connectivity index (χ0) is 18.1. The van der Waals surface area contributed by atoms with Crippen LogP contribution in [0.15, 0.2) is 39.4 Å². The monoisotopic (exact) mass is 371 g/mol. The van der Waals surface area contributed by atoms with Crippen LogP contribution >= 0.6 is 11.3 Å². The molecule has 1 aliphatic rings. The minimum absolute atomic E-state index is 0.0375. The van der Waals surface area contributed by atoms with Crippen LogP contribution in [0.5, 0.6) is 11.5 Å². The van der Waals surface area contributed by atoms with E-state index in [-0.39, 0.29) is 24.1 Å². The lowest BCUT2D eigenvalue weighted by Crippen LogP contribution is -2.25. The van der Waals surface area contributed by atoms with Crippen LogP contribution in [-0.4, -0.2) is 28.3 Å². The number of anilines is 1. The summed E-state index contributed by atoms with van der Waals surface area (Å²) in [4.78, 5) is 12.1. The molecule has 1 N–H and O–H groups in total. The van der Waals surface area contributed by atoms with Gasteiger partial charge < -0.3 is 13.9 Å². The number of carbonyl (C=O) groups excluding carboxylic acids is 1. The first-order valence-electron chi connectivity index (χ1n) is 8.10. The van der Waals surface area contributed by atoms with Gasteiger partial charge in [-0.25, -0.2) is 0 Å². The number of carbonyl (C=O) groups is 1. The van der Waals surface area contributed by atoms with Crippen molar-refractivity contribution < 1.29 is 18.7 Å². The highest BCUT2D eigenvalue weighted by Gasteiger charge is 2.32. The molecule has 1 amide bonds. The second-order valence-corrected chi connectivity index (χ2v) is 7.32. The SMILES string of the molecule is CC1(C)Cc2cccc(OCC(=O)Nc3nnc(-c4ccsc4)o3)c2O1. The van der Waals surface area contributed by atoms with E-state index in [0.717, 1.165) is 17.5 Å². The van der Waals surface area contributed by atoms with Gasteiger partial charge in [0.05, 0.1) is 0 Å². The Morgan fingerprint density at radius 2 is 2.23 bits per heavy atom. The van der Waals surface area contributed by atoms with Crippen LogP contribution in [0.4, 0.5) is 6.01 Å². The number of para-hydroxylation sites is 1. The van der Waals surface area contributed by atoms with E-state index >= 15 is 0 Å². The molecule has 1 aromatic carbocycles. The quantitative estimate of drug-likeness (QED) is 0.738. The van der Waals surface area contributed by atoms with Crippen molar-refractivity contribution in [3.05, 3.63) is 40.6 Å². The Kier molecular flexibility index (Phi) is 4.12. The van der Waals surface area contributed by atoms with E-state index in [4.69, 9.17) is 13.9 Å². The molecule has 0 aliphatic carbocycles. The fraction of sp³-hybridized carbons (Fsp3) is 0.278. The first-order chi connectivity index (χ1) is 12.5. The molecule has 134 valence electrons. The smallest absolute Gasteiger partial charge is 0.322 e. The highest BCUT2D eigenvalue weighted by Crippen LogP contribution is 2.41. The highest BCUT2D eigenvalue weighted by molar-refractivity contribution is 7.08. The summed E-state index contributed by atoms with van der Waals surface area (Å²) < 4.78 is 17.0. The Balaban J connectivity index is 1.38. The summed E-state index contributed by atoms with van der Waals surface area (Å²) in [7, 11) is 0. The van der Waals surface area contributed by atoms with E-state index in [9.17, 15) is 4.79 Å². The van der Waals surface area contributed by atoms with Gasteiger partial charge in [-0.15, -0.1) is 5.10 Å². The second-order valence-electron chi connectivity index (χ2n) is 6.54. The maximum absolute atomic E-state index is 12.1. The zero-order valence-corrected chi connectivity index (χ0v) is 15.1. The number of hydrogen-bond acceptors (Lipinski definition) is 7. The number of nitrogens with zero attached hydrogens (tertiary/aromatic N) is 2. The predicted octanol–water partition coefficient (Wildman–Crippen LogP) is 3.53. The number of thiophene rings is 1. The van der Waals surface area contributed by atoms with Crippen molar-refractivity contribution >= 4 is 23.3 Å². The lowest BCUT2D eigenvalue weighted by molar-refractivity contribution is -0.118. The third-order valence-electron chi connectivity index (χ3n) is 3.85. The van der Waals surface area contributed by atoms with Crippen LogP contribution in [0, 0.1) is 0 Å². The summed E-state index contributed by atoms with van der Waals surface area (Å²) in [5, 5.41) is 14.1. The van der Waals surface area contributed by atoms with E-state index in [1.165, 1.54) is 11.3 Å². The van der Waals surface area contributed by atoms with Crippen molar-refractivity contribution in [1.29, 1.82) is 0 Å². The van der Waals surface area contributed by atoms with Gasteiger partial charge >= 0.3 is 6.01 Å². The molecule has 1 aliphatic heterocycles. The third kappa shape index (κ3) is 3.41. The number of nitrogens with one attached hydrogen (secondary N) is 1. The number of fused-ring (bicyclic) bond motifs is 1. The van der Waals surface area contributed by atoms with Gasteiger partial charge in [0.15, 0.2) is 18.1 Å². The van der Waals surface area contributed by atoms with Crippen LogP contribution in [0.1, 0.15) is 19.4 Å². The average Bonchev–Trinajstić information content (AvgIpc) is 3.30. The molecule has 0 radical (unpaired) electrons. The fourth-order valence-corrected chi connectivity index (χ4v) is 3.41. The normalized spacial score (nSPS) is 14.5. The number of hydrogen-bond donors (Lipinski definition) is 1. The second kappa shape index (κ2) is 6.45. The maximum atomic E-state index is 12.1. The van der Waals surface area contributed by atoms with Gasteiger partial charge in [-0.2, -0.15) is 11.3 Å². The van der Waals surface area contributed by atoms with E-state index < -0.39 is 0 Å². The van der Waals surface area contributed by atoms with Gasteiger partial charge in [-0.3, -0.25) is 10.1 Å². The molecule has 0 saturated carbocycles. The van der Waals surface area contributed by atoms with Crippen LogP contribution in [0.2, 0.25) is 0 Å². The summed E-state index contributed by atoms with van der Waals surface area (Å²) in [5.41, 5.74) is 1.62. The molecule has 8 heteroatoms. The number of ether oxygens (including phenoxy) is 2. The molecular weight excluding hydrogens is 354 g/mol. The Hall–Kier alpha value is -2.87. The molecule has 3 aromatic rings. The number of amides is 1. The van der Waals surface area contributed by atoms with E-state index in [2.05, 4.69) is 15.5 Å². The van der Waals surface area contributed by atoms with Crippen molar-refractivity contribution in [3.63, 3.8) is 0 Å². The molecule has 0 atom stereocenters. The molecule has 0 unspecified atom stereocenters. The summed E-state index contributed by atoms with van der Waals surface area (Å²) in [5.74, 6) is 1.22. The van der Waals surface area contributed by atoms with Gasteiger partial charge in [0.2, 0.25) is 0 Å². The Morgan fingerprint density at radius 3 is 3.04 bits per heavy atom. The topological polar surface area (TPSA) is 86.5 Å². The Labute approximate surface area is 154 Å². The van der Waals surface area contributed by atoms with E-state index in [1.54, 1.807) is 6.07 Å². The summed E-state index contributed by atoms with van der Waals surface area (Å²) in [6.07, 6.45) is 0.805. The van der Waals surface area contributed by atoms with Crippen molar-refractivity contribution in [1.82, 2.24) is 10.2 Å². The molecule has 0 fully saturated rings. The fourth-order valence-electron chi connectivity index (χ4n) is 2.78. The molecule has 3 heterocycles. The van der Waals surface area contributed by atoms with Gasteiger partial charge in [0.25, 0.3) is 11.8 Å². The lowest BCUT2D eigenvalue weighted by Gasteiger charge is -2.18. The number of aromatic nitrogens is 2. The van der Waals surface area contributed by atoms with E-state index in [0.29, 0.717) is 17.4 Å². The molecule has 0 bridgehead atoms. The molecule has 2 aromatic heterocycles. The minimum Gasteiger partial charge on any atom is -0.483 e. The van der Waals surface area contributed by atoms with Crippen molar-refractivity contribution in [2.24, 2.45) is 0 Å². The third-order valence-corrected chi connectivity index (χ3v) is 4.54. The minimum atomic E-state index is -0.389. The largest absolute Gasteiger partial charge is 0.483 e. The summed E-state index contributed by atoms with van der Waals surface area (Å²) in [6.45, 7) is 3.85. The molecule has 4 rings (SSSR count). The van der Waals surface area contributed by atoms with Gasteiger partial charge in [-0.1, -0.05) is 17.2 Å². The highest BCUT2D eigenvalue weighted by atomic mass is 32.1. The first kappa shape index (κ1) is 16.6. The van der Waals surface area contributed by atoms with Gasteiger partial charge in [0.1, 0.15) is 5.60 Å². The van der Waals surface area contributed by atoms with Crippen molar-refractivity contribution in [2.45, 2.75) is 25.9 Å². The molecule has 0 spiro atoms.